The maximum absolute atomic E-state index is 12.1. The first-order valence-electron chi connectivity index (χ1n) is 6.49. The summed E-state index contributed by atoms with van der Waals surface area (Å²) in [5.74, 6) is 1.53. The van der Waals surface area contributed by atoms with Crippen LogP contribution in [0.15, 0.2) is 39.8 Å². The molecular weight excluding hydrogens is 272 g/mol. The number of benzene rings is 1. The topological polar surface area (TPSA) is 68.3 Å². The van der Waals surface area contributed by atoms with Crippen LogP contribution in [0.4, 0.5) is 11.4 Å². The van der Waals surface area contributed by atoms with Gasteiger partial charge in [0.1, 0.15) is 12.0 Å². The number of rotatable bonds is 5. The molecule has 0 bridgehead atoms. The number of nitrogen functional groups attached to an aromatic ring is 1. The Labute approximate surface area is 122 Å². The summed E-state index contributed by atoms with van der Waals surface area (Å²) >= 11 is 1.74. The van der Waals surface area contributed by atoms with E-state index in [1.165, 1.54) is 6.26 Å². The van der Waals surface area contributed by atoms with E-state index in [4.69, 9.17) is 10.2 Å². The quantitative estimate of drug-likeness (QED) is 0.647. The number of thioether (sulfide) groups is 1. The van der Waals surface area contributed by atoms with Gasteiger partial charge in [0.15, 0.2) is 0 Å². The van der Waals surface area contributed by atoms with Gasteiger partial charge in [-0.2, -0.15) is 0 Å². The number of amides is 1. The molecule has 20 heavy (non-hydrogen) atoms. The predicted molar refractivity (Wildman–Crippen MR) is 83.3 cm³/mol. The smallest absolute Gasteiger partial charge is 0.258 e. The molecule has 0 radical (unpaired) electrons. The van der Waals surface area contributed by atoms with Crippen LogP contribution in [0.3, 0.4) is 0 Å². The average Bonchev–Trinajstić information content (AvgIpc) is 2.86. The normalized spacial score (nSPS) is 10.5. The van der Waals surface area contributed by atoms with Crippen LogP contribution >= 0.6 is 11.8 Å². The van der Waals surface area contributed by atoms with E-state index < -0.39 is 0 Å². The van der Waals surface area contributed by atoms with Crippen LogP contribution in [-0.4, -0.2) is 11.7 Å². The van der Waals surface area contributed by atoms with E-state index in [1.807, 2.05) is 18.2 Å². The zero-order valence-corrected chi connectivity index (χ0v) is 12.4. The van der Waals surface area contributed by atoms with Crippen molar-refractivity contribution in [2.24, 2.45) is 0 Å². The SMILES string of the molecule is CCCSc1ccc(N)c(NC(=O)c2coc(C)c2)c1. The molecule has 1 heterocycles. The van der Waals surface area contributed by atoms with Gasteiger partial charge in [-0.25, -0.2) is 0 Å². The molecule has 0 aliphatic carbocycles. The maximum Gasteiger partial charge on any atom is 0.258 e. The van der Waals surface area contributed by atoms with Gasteiger partial charge in [0.25, 0.3) is 5.91 Å². The summed E-state index contributed by atoms with van der Waals surface area (Å²) in [5, 5.41) is 2.82. The summed E-state index contributed by atoms with van der Waals surface area (Å²) in [5.41, 5.74) is 7.59. The van der Waals surface area contributed by atoms with Gasteiger partial charge in [-0.15, -0.1) is 11.8 Å². The van der Waals surface area contributed by atoms with Crippen LogP contribution in [0.2, 0.25) is 0 Å². The van der Waals surface area contributed by atoms with Gasteiger partial charge in [0, 0.05) is 4.90 Å². The highest BCUT2D eigenvalue weighted by Gasteiger charge is 2.11. The summed E-state index contributed by atoms with van der Waals surface area (Å²) < 4.78 is 5.13. The summed E-state index contributed by atoms with van der Waals surface area (Å²) in [6.07, 6.45) is 2.54. The van der Waals surface area contributed by atoms with E-state index in [0.29, 0.717) is 22.7 Å². The Morgan fingerprint density at radius 2 is 2.20 bits per heavy atom. The molecule has 0 fully saturated rings. The van der Waals surface area contributed by atoms with Crippen LogP contribution in [0.5, 0.6) is 0 Å². The summed E-state index contributed by atoms with van der Waals surface area (Å²) in [7, 11) is 0. The van der Waals surface area contributed by atoms with Crippen LogP contribution in [0.1, 0.15) is 29.5 Å². The van der Waals surface area contributed by atoms with Crippen molar-refractivity contribution in [1.82, 2.24) is 0 Å². The second kappa shape index (κ2) is 6.52. The first-order chi connectivity index (χ1) is 9.60. The van der Waals surface area contributed by atoms with Crippen molar-refractivity contribution in [3.8, 4) is 0 Å². The third kappa shape index (κ3) is 3.57. The van der Waals surface area contributed by atoms with Crippen molar-refractivity contribution in [3.63, 3.8) is 0 Å². The molecule has 0 aliphatic heterocycles. The molecule has 0 spiro atoms. The highest BCUT2D eigenvalue weighted by molar-refractivity contribution is 7.99. The van der Waals surface area contributed by atoms with Crippen molar-refractivity contribution in [2.75, 3.05) is 16.8 Å². The monoisotopic (exact) mass is 290 g/mol. The van der Waals surface area contributed by atoms with E-state index in [0.717, 1.165) is 17.1 Å². The molecular formula is C15H18N2O2S. The van der Waals surface area contributed by atoms with Gasteiger partial charge >= 0.3 is 0 Å². The lowest BCUT2D eigenvalue weighted by molar-refractivity contribution is 0.102. The number of hydrogen-bond donors (Lipinski definition) is 2. The third-order valence-corrected chi connectivity index (χ3v) is 3.94. The Hall–Kier alpha value is -1.88. The highest BCUT2D eigenvalue weighted by Crippen LogP contribution is 2.27. The largest absolute Gasteiger partial charge is 0.469 e. The number of nitrogens with one attached hydrogen (secondary N) is 1. The molecule has 0 saturated heterocycles. The third-order valence-electron chi connectivity index (χ3n) is 2.74. The van der Waals surface area contributed by atoms with Crippen LogP contribution in [0.25, 0.3) is 0 Å². The first kappa shape index (κ1) is 14.5. The Bertz CT molecular complexity index is 608. The Morgan fingerprint density at radius 1 is 1.40 bits per heavy atom. The van der Waals surface area contributed by atoms with Gasteiger partial charge in [-0.3, -0.25) is 4.79 Å². The number of hydrogen-bond acceptors (Lipinski definition) is 4. The molecule has 0 unspecified atom stereocenters. The number of nitrogens with two attached hydrogens (primary N) is 1. The molecule has 106 valence electrons. The zero-order valence-electron chi connectivity index (χ0n) is 11.6. The van der Waals surface area contributed by atoms with Crippen LogP contribution < -0.4 is 11.1 Å². The van der Waals surface area contributed by atoms with Crippen molar-refractivity contribution in [1.29, 1.82) is 0 Å². The fourth-order valence-electron chi connectivity index (χ4n) is 1.71. The second-order valence-electron chi connectivity index (χ2n) is 4.50. The van der Waals surface area contributed by atoms with E-state index >= 15 is 0 Å². The van der Waals surface area contributed by atoms with Crippen molar-refractivity contribution < 1.29 is 9.21 Å². The van der Waals surface area contributed by atoms with Crippen LogP contribution in [0, 0.1) is 6.92 Å². The molecule has 2 rings (SSSR count). The van der Waals surface area contributed by atoms with E-state index in [9.17, 15) is 4.79 Å². The zero-order chi connectivity index (χ0) is 14.5. The minimum Gasteiger partial charge on any atom is -0.469 e. The fraction of sp³-hybridized carbons (Fsp3) is 0.267. The molecule has 1 aromatic carbocycles. The minimum atomic E-state index is -0.216. The van der Waals surface area contributed by atoms with Gasteiger partial charge < -0.3 is 15.5 Å². The molecule has 1 aromatic heterocycles. The summed E-state index contributed by atoms with van der Waals surface area (Å²) in [6, 6.07) is 7.38. The number of carbonyl (C=O) groups is 1. The summed E-state index contributed by atoms with van der Waals surface area (Å²) in [6.45, 7) is 3.93. The summed E-state index contributed by atoms with van der Waals surface area (Å²) in [4.78, 5) is 13.2. The highest BCUT2D eigenvalue weighted by atomic mass is 32.2. The van der Waals surface area contributed by atoms with Gasteiger partial charge in [0.2, 0.25) is 0 Å². The van der Waals surface area contributed by atoms with Crippen molar-refractivity contribution in [3.05, 3.63) is 41.9 Å². The lowest BCUT2D eigenvalue weighted by Crippen LogP contribution is -2.12. The molecule has 5 heteroatoms. The molecule has 4 nitrogen and oxygen atoms in total. The Balaban J connectivity index is 2.13. The number of anilines is 2. The molecule has 0 saturated carbocycles. The molecule has 3 N–H and O–H groups in total. The number of carbonyl (C=O) groups excluding carboxylic acids is 1. The predicted octanol–water partition coefficient (Wildman–Crippen LogP) is 3.92. The number of aryl methyl sites for hydroxylation is 1. The van der Waals surface area contributed by atoms with Gasteiger partial charge in [-0.05, 0) is 43.4 Å². The average molecular weight is 290 g/mol. The molecule has 0 aliphatic rings. The van der Waals surface area contributed by atoms with Crippen LogP contribution in [-0.2, 0) is 0 Å². The van der Waals surface area contributed by atoms with Gasteiger partial charge in [-0.1, -0.05) is 6.92 Å². The Morgan fingerprint density at radius 3 is 2.85 bits per heavy atom. The minimum absolute atomic E-state index is 0.216. The Kier molecular flexibility index (Phi) is 4.74. The molecule has 0 atom stereocenters. The molecule has 1 amide bonds. The second-order valence-corrected chi connectivity index (χ2v) is 5.67. The lowest BCUT2D eigenvalue weighted by Gasteiger charge is -2.09. The van der Waals surface area contributed by atoms with Gasteiger partial charge in [0.05, 0.1) is 16.9 Å². The molecule has 2 aromatic rings. The lowest BCUT2D eigenvalue weighted by atomic mass is 10.2. The van der Waals surface area contributed by atoms with Crippen molar-refractivity contribution >= 4 is 29.0 Å². The maximum atomic E-state index is 12.1. The fourth-order valence-corrected chi connectivity index (χ4v) is 2.52. The van der Waals surface area contributed by atoms with E-state index in [1.54, 1.807) is 24.8 Å². The number of furan rings is 1. The van der Waals surface area contributed by atoms with E-state index in [2.05, 4.69) is 12.2 Å². The van der Waals surface area contributed by atoms with Crippen molar-refractivity contribution in [2.45, 2.75) is 25.2 Å². The van der Waals surface area contributed by atoms with E-state index in [-0.39, 0.29) is 5.91 Å². The first-order valence-corrected chi connectivity index (χ1v) is 7.47. The standard InChI is InChI=1S/C15H18N2O2S/c1-3-6-20-12-4-5-13(16)14(8-12)17-15(18)11-7-10(2)19-9-11/h4-5,7-9H,3,6,16H2,1-2H3,(H,17,18).